The Hall–Kier alpha value is -3.50. The number of hydrogen-bond acceptors (Lipinski definition) is 9. The number of thioether (sulfide) groups is 1. The van der Waals surface area contributed by atoms with Gasteiger partial charge in [-0.25, -0.2) is 9.97 Å². The molecule has 1 aliphatic heterocycles. The highest BCUT2D eigenvalue weighted by Gasteiger charge is 2.25. The Morgan fingerprint density at radius 3 is 2.74 bits per heavy atom. The summed E-state index contributed by atoms with van der Waals surface area (Å²) in [4.78, 5) is 36.5. The topological polar surface area (TPSA) is 122 Å². The van der Waals surface area contributed by atoms with Crippen LogP contribution in [-0.4, -0.2) is 38.2 Å². The number of imide groups is 1. The fraction of sp³-hybridized carbons (Fsp3) is 0.292. The molecule has 34 heavy (non-hydrogen) atoms. The van der Waals surface area contributed by atoms with Crippen LogP contribution in [-0.2, 0) is 11.3 Å². The van der Waals surface area contributed by atoms with Gasteiger partial charge in [0, 0.05) is 42.8 Å². The Labute approximate surface area is 200 Å². The van der Waals surface area contributed by atoms with Crippen LogP contribution in [0.3, 0.4) is 0 Å². The molecule has 9 nitrogen and oxygen atoms in total. The summed E-state index contributed by atoms with van der Waals surface area (Å²) in [6.45, 7) is 0.755. The minimum atomic E-state index is -0.392. The summed E-state index contributed by atoms with van der Waals surface area (Å²) in [5.41, 5.74) is 3.93. The minimum Gasteiger partial charge on any atom is -0.472 e. The fourth-order valence-corrected chi connectivity index (χ4v) is 4.89. The molecular formula is C24H24N6O3S. The van der Waals surface area contributed by atoms with Crippen molar-refractivity contribution < 1.29 is 14.0 Å². The zero-order valence-corrected chi connectivity index (χ0v) is 19.2. The first-order chi connectivity index (χ1) is 16.6. The Balaban J connectivity index is 1.13. The maximum atomic E-state index is 11.8. The van der Waals surface area contributed by atoms with E-state index in [2.05, 4.69) is 30.9 Å². The Morgan fingerprint density at radius 1 is 1.12 bits per heavy atom. The Kier molecular flexibility index (Phi) is 6.68. The molecule has 0 unspecified atom stereocenters. The van der Waals surface area contributed by atoms with Crippen molar-refractivity contribution in [3.05, 3.63) is 65.5 Å². The lowest BCUT2D eigenvalue weighted by molar-refractivity contribution is -0.115. The van der Waals surface area contributed by atoms with Crippen LogP contribution in [0.15, 0.2) is 58.6 Å². The first kappa shape index (κ1) is 22.3. The lowest BCUT2D eigenvalue weighted by Crippen LogP contribution is -2.37. The number of furan rings is 1. The third kappa shape index (κ3) is 5.35. The SMILES string of the molecule is O=C1NC(=O)C(=Cc2ccnc(NC3CCC(NCc4cnccc4-c4ccoc4)CC3)n2)S1. The van der Waals surface area contributed by atoms with Gasteiger partial charge in [-0.2, -0.15) is 0 Å². The summed E-state index contributed by atoms with van der Waals surface area (Å²) in [5, 5.41) is 8.97. The highest BCUT2D eigenvalue weighted by atomic mass is 32.2. The maximum absolute atomic E-state index is 11.8. The van der Waals surface area contributed by atoms with Crippen molar-refractivity contribution in [2.45, 2.75) is 44.3 Å². The zero-order chi connectivity index (χ0) is 23.3. The average Bonchev–Trinajstić information content (AvgIpc) is 3.49. The summed E-state index contributed by atoms with van der Waals surface area (Å²) < 4.78 is 5.23. The van der Waals surface area contributed by atoms with Crippen LogP contribution in [0.1, 0.15) is 36.9 Å². The Bertz CT molecular complexity index is 1200. The molecule has 1 aliphatic carbocycles. The minimum absolute atomic E-state index is 0.284. The van der Waals surface area contributed by atoms with Gasteiger partial charge in [-0.05, 0) is 72.8 Å². The largest absolute Gasteiger partial charge is 0.472 e. The van der Waals surface area contributed by atoms with Gasteiger partial charge >= 0.3 is 0 Å². The van der Waals surface area contributed by atoms with Crippen molar-refractivity contribution in [2.24, 2.45) is 0 Å². The molecule has 0 atom stereocenters. The van der Waals surface area contributed by atoms with Crippen molar-refractivity contribution in [1.82, 2.24) is 25.6 Å². The molecule has 0 spiro atoms. The zero-order valence-electron chi connectivity index (χ0n) is 18.4. The van der Waals surface area contributed by atoms with Gasteiger partial charge in [0.1, 0.15) is 0 Å². The van der Waals surface area contributed by atoms with E-state index in [1.54, 1.807) is 37.1 Å². The van der Waals surface area contributed by atoms with E-state index < -0.39 is 5.91 Å². The quantitative estimate of drug-likeness (QED) is 0.435. The highest BCUT2D eigenvalue weighted by Crippen LogP contribution is 2.27. The monoisotopic (exact) mass is 476 g/mol. The maximum Gasteiger partial charge on any atom is 0.290 e. The van der Waals surface area contributed by atoms with Crippen LogP contribution in [0, 0.1) is 0 Å². The molecule has 1 saturated carbocycles. The van der Waals surface area contributed by atoms with Crippen molar-refractivity contribution >= 4 is 34.9 Å². The molecule has 3 N–H and O–H groups in total. The van der Waals surface area contributed by atoms with E-state index in [0.717, 1.165) is 60.7 Å². The molecule has 0 aromatic carbocycles. The number of rotatable bonds is 7. The van der Waals surface area contributed by atoms with Crippen LogP contribution in [0.4, 0.5) is 10.7 Å². The van der Waals surface area contributed by atoms with Crippen LogP contribution < -0.4 is 16.0 Å². The van der Waals surface area contributed by atoms with E-state index in [1.165, 1.54) is 0 Å². The number of aromatic nitrogens is 3. The number of carbonyl (C=O) groups excluding carboxylic acids is 2. The number of amides is 2. The molecule has 2 aliphatic rings. The molecule has 0 bridgehead atoms. The number of nitrogens with zero attached hydrogens (tertiary/aromatic N) is 3. The molecule has 174 valence electrons. The molecule has 5 rings (SSSR count). The van der Waals surface area contributed by atoms with Crippen LogP contribution in [0.5, 0.6) is 0 Å². The second-order valence-corrected chi connectivity index (χ2v) is 9.29. The molecule has 2 fully saturated rings. The van der Waals surface area contributed by atoms with Gasteiger partial charge in [-0.1, -0.05) is 0 Å². The van der Waals surface area contributed by atoms with Crippen molar-refractivity contribution in [3.63, 3.8) is 0 Å². The molecular weight excluding hydrogens is 452 g/mol. The van der Waals surface area contributed by atoms with Gasteiger partial charge < -0.3 is 15.1 Å². The van der Waals surface area contributed by atoms with Crippen molar-refractivity contribution in [2.75, 3.05) is 5.32 Å². The molecule has 4 heterocycles. The van der Waals surface area contributed by atoms with Crippen LogP contribution in [0.25, 0.3) is 17.2 Å². The first-order valence-corrected chi connectivity index (χ1v) is 12.0. The normalized spacial score (nSPS) is 21.6. The van der Waals surface area contributed by atoms with E-state index in [9.17, 15) is 9.59 Å². The summed E-state index contributed by atoms with van der Waals surface area (Å²) in [6, 6.07) is 6.41. The second-order valence-electron chi connectivity index (χ2n) is 8.28. The predicted molar refractivity (Wildman–Crippen MR) is 130 cm³/mol. The van der Waals surface area contributed by atoms with E-state index in [0.29, 0.717) is 22.6 Å². The van der Waals surface area contributed by atoms with E-state index in [-0.39, 0.29) is 11.3 Å². The number of carbonyl (C=O) groups is 2. The van der Waals surface area contributed by atoms with Gasteiger partial charge in [0.05, 0.1) is 23.1 Å². The van der Waals surface area contributed by atoms with Crippen molar-refractivity contribution in [1.29, 1.82) is 0 Å². The summed E-state index contributed by atoms with van der Waals surface area (Å²) >= 11 is 0.878. The highest BCUT2D eigenvalue weighted by molar-refractivity contribution is 8.18. The molecule has 10 heteroatoms. The molecule has 1 saturated heterocycles. The predicted octanol–water partition coefficient (Wildman–Crippen LogP) is 3.97. The lowest BCUT2D eigenvalue weighted by atomic mass is 9.91. The first-order valence-electron chi connectivity index (χ1n) is 11.2. The van der Waals surface area contributed by atoms with Gasteiger partial charge in [0.25, 0.3) is 11.1 Å². The fourth-order valence-electron chi connectivity index (χ4n) is 4.22. The van der Waals surface area contributed by atoms with Gasteiger partial charge in [0.2, 0.25) is 5.95 Å². The second kappa shape index (κ2) is 10.2. The smallest absolute Gasteiger partial charge is 0.290 e. The van der Waals surface area contributed by atoms with Gasteiger partial charge in [-0.3, -0.25) is 19.9 Å². The molecule has 3 aromatic rings. The summed E-state index contributed by atoms with van der Waals surface area (Å²) in [6.07, 6.45) is 14.5. The number of hydrogen-bond donors (Lipinski definition) is 3. The lowest BCUT2D eigenvalue weighted by Gasteiger charge is -2.30. The average molecular weight is 477 g/mol. The standard InChI is InChI=1S/C24H24N6O3S/c31-22-21(34-24(32)30-22)11-19-5-9-26-23(29-19)28-18-3-1-17(2-4-18)27-13-16-12-25-8-6-20(16)15-7-10-33-14-15/h5-12,14,17-18,27H,1-4,13H2,(H,26,28,29)(H,30,31,32). The molecule has 3 aromatic heterocycles. The Morgan fingerprint density at radius 2 is 1.97 bits per heavy atom. The number of nitrogens with one attached hydrogen (secondary N) is 3. The van der Waals surface area contributed by atoms with Crippen LogP contribution in [0.2, 0.25) is 0 Å². The van der Waals surface area contributed by atoms with E-state index >= 15 is 0 Å². The number of anilines is 1. The summed E-state index contributed by atoms with van der Waals surface area (Å²) in [5.74, 6) is 0.137. The van der Waals surface area contributed by atoms with E-state index in [1.807, 2.05) is 18.3 Å². The molecule has 0 radical (unpaired) electrons. The van der Waals surface area contributed by atoms with Crippen LogP contribution >= 0.6 is 11.8 Å². The van der Waals surface area contributed by atoms with E-state index in [4.69, 9.17) is 4.42 Å². The third-order valence-corrected chi connectivity index (χ3v) is 6.79. The molecule has 2 amide bonds. The third-order valence-electron chi connectivity index (χ3n) is 5.98. The van der Waals surface area contributed by atoms with Gasteiger partial charge in [0.15, 0.2) is 0 Å². The van der Waals surface area contributed by atoms with Gasteiger partial charge in [-0.15, -0.1) is 0 Å². The van der Waals surface area contributed by atoms with Crippen molar-refractivity contribution in [3.8, 4) is 11.1 Å². The summed E-state index contributed by atoms with van der Waals surface area (Å²) in [7, 11) is 0. The number of pyridine rings is 1.